The van der Waals surface area contributed by atoms with Gasteiger partial charge in [0.1, 0.15) is 0 Å². The minimum atomic E-state index is 0.817. The highest BCUT2D eigenvalue weighted by atomic mass is 15.4. The second-order valence-corrected chi connectivity index (χ2v) is 1.74. The zero-order valence-corrected chi connectivity index (χ0v) is 4.70. The first kappa shape index (κ1) is 4.43. The van der Waals surface area contributed by atoms with Gasteiger partial charge in [-0.3, -0.25) is 9.99 Å². The van der Waals surface area contributed by atoms with Crippen LogP contribution in [-0.2, 0) is 0 Å². The van der Waals surface area contributed by atoms with Crippen LogP contribution in [0.4, 0.5) is 5.95 Å². The predicted octanol–water partition coefficient (Wildman–Crippen LogP) is 0.241. The second kappa shape index (κ2) is 1.51. The predicted molar refractivity (Wildman–Crippen MR) is 34.3 cm³/mol. The minimum Gasteiger partial charge on any atom is -0.304 e. The quantitative estimate of drug-likeness (QED) is 0.518. The summed E-state index contributed by atoms with van der Waals surface area (Å²) in [6.45, 7) is 0. The first-order valence-electron chi connectivity index (χ1n) is 2.68. The van der Waals surface area contributed by atoms with Crippen LogP contribution in [-0.4, -0.2) is 9.55 Å². The summed E-state index contributed by atoms with van der Waals surface area (Å²) in [5.74, 6) is 0.817. The molecular weight excluding hydrogens is 116 g/mol. The third-order valence-electron chi connectivity index (χ3n) is 1.17. The van der Waals surface area contributed by atoms with Gasteiger partial charge >= 0.3 is 0 Å². The molecule has 2 rings (SSSR count). The lowest BCUT2D eigenvalue weighted by atomic mass is 10.7. The number of nitrogens with zero attached hydrogens (tertiary/aromatic N) is 2. The van der Waals surface area contributed by atoms with E-state index in [1.807, 2.05) is 17.0 Å². The maximum Gasteiger partial charge on any atom is 0.226 e. The molecule has 1 aromatic rings. The van der Waals surface area contributed by atoms with E-state index in [-0.39, 0.29) is 0 Å². The van der Waals surface area contributed by atoms with Crippen LogP contribution >= 0.6 is 0 Å². The van der Waals surface area contributed by atoms with Gasteiger partial charge in [0.2, 0.25) is 5.95 Å². The first-order chi connectivity index (χ1) is 4.47. The molecule has 1 aliphatic rings. The van der Waals surface area contributed by atoms with Gasteiger partial charge in [0.25, 0.3) is 0 Å². The summed E-state index contributed by atoms with van der Waals surface area (Å²) in [5, 5.41) is 0. The van der Waals surface area contributed by atoms with Gasteiger partial charge in [-0.05, 0) is 0 Å². The summed E-state index contributed by atoms with van der Waals surface area (Å²) in [6, 6.07) is 0. The van der Waals surface area contributed by atoms with Gasteiger partial charge in [-0.2, -0.15) is 0 Å². The van der Waals surface area contributed by atoms with Crippen molar-refractivity contribution in [3.63, 3.8) is 0 Å². The van der Waals surface area contributed by atoms with E-state index in [1.165, 1.54) is 0 Å². The summed E-state index contributed by atoms with van der Waals surface area (Å²) in [5.41, 5.74) is 5.67. The van der Waals surface area contributed by atoms with Crippen LogP contribution in [0.5, 0.6) is 0 Å². The Bertz CT molecular complexity index is 237. The Hall–Kier alpha value is -1.45. The fourth-order valence-electron chi connectivity index (χ4n) is 0.754. The zero-order chi connectivity index (χ0) is 6.10. The third-order valence-corrected chi connectivity index (χ3v) is 1.17. The molecule has 2 heterocycles. The lowest BCUT2D eigenvalue weighted by Gasteiger charge is -2.09. The fourth-order valence-corrected chi connectivity index (χ4v) is 0.754. The van der Waals surface area contributed by atoms with Gasteiger partial charge in [0.15, 0.2) is 0 Å². The number of aromatic nitrogens is 2. The van der Waals surface area contributed by atoms with Crippen molar-refractivity contribution < 1.29 is 0 Å². The summed E-state index contributed by atoms with van der Waals surface area (Å²) < 4.78 is 1.89. The number of hydrogen-bond donors (Lipinski definition) is 2. The van der Waals surface area contributed by atoms with E-state index in [1.54, 1.807) is 12.4 Å². The zero-order valence-electron chi connectivity index (χ0n) is 4.70. The molecule has 9 heavy (non-hydrogen) atoms. The van der Waals surface area contributed by atoms with Gasteiger partial charge in [-0.25, -0.2) is 4.98 Å². The van der Waals surface area contributed by atoms with Crippen molar-refractivity contribution in [2.75, 3.05) is 5.43 Å². The van der Waals surface area contributed by atoms with Crippen molar-refractivity contribution in [3.8, 4) is 0 Å². The van der Waals surface area contributed by atoms with E-state index in [9.17, 15) is 0 Å². The third kappa shape index (κ3) is 0.561. The van der Waals surface area contributed by atoms with Crippen LogP contribution in [0.25, 0.3) is 6.20 Å². The number of nitrogens with one attached hydrogen (secondary N) is 2. The summed E-state index contributed by atoms with van der Waals surface area (Å²) in [4.78, 5) is 3.99. The molecule has 2 N–H and O–H groups in total. The van der Waals surface area contributed by atoms with Crippen molar-refractivity contribution >= 4 is 12.1 Å². The Morgan fingerprint density at radius 3 is 3.44 bits per heavy atom. The van der Waals surface area contributed by atoms with Crippen LogP contribution in [0.15, 0.2) is 18.6 Å². The van der Waals surface area contributed by atoms with E-state index in [0.717, 1.165) is 5.95 Å². The molecule has 0 bridgehead atoms. The summed E-state index contributed by atoms with van der Waals surface area (Å²) in [6.07, 6.45) is 7.30. The molecule has 0 fully saturated rings. The largest absolute Gasteiger partial charge is 0.304 e. The van der Waals surface area contributed by atoms with Gasteiger partial charge < -0.3 is 5.43 Å². The molecule has 1 aliphatic heterocycles. The SMILES string of the molecule is C1=Cn2ccnc2NN1. The smallest absolute Gasteiger partial charge is 0.226 e. The minimum absolute atomic E-state index is 0.817. The first-order valence-corrected chi connectivity index (χ1v) is 2.68. The molecule has 1 aromatic heterocycles. The molecule has 0 aliphatic carbocycles. The Balaban J connectivity index is 2.53. The van der Waals surface area contributed by atoms with Crippen LogP contribution in [0.2, 0.25) is 0 Å². The molecule has 0 amide bonds. The van der Waals surface area contributed by atoms with E-state index >= 15 is 0 Å². The number of imidazole rings is 1. The number of anilines is 1. The molecule has 0 spiro atoms. The Morgan fingerprint density at radius 2 is 2.56 bits per heavy atom. The maximum absolute atomic E-state index is 3.99. The molecule has 0 saturated carbocycles. The molecular formula is C5H6N4. The molecule has 46 valence electrons. The summed E-state index contributed by atoms with van der Waals surface area (Å²) in [7, 11) is 0. The van der Waals surface area contributed by atoms with E-state index in [0.29, 0.717) is 0 Å². The molecule has 0 atom stereocenters. The van der Waals surface area contributed by atoms with E-state index < -0.39 is 0 Å². The van der Waals surface area contributed by atoms with Crippen molar-refractivity contribution in [1.82, 2.24) is 15.0 Å². The monoisotopic (exact) mass is 122 g/mol. The van der Waals surface area contributed by atoms with Crippen molar-refractivity contribution in [3.05, 3.63) is 18.6 Å². The average molecular weight is 122 g/mol. The normalized spacial score (nSPS) is 13.8. The highest BCUT2D eigenvalue weighted by Gasteiger charge is 1.99. The van der Waals surface area contributed by atoms with Gasteiger partial charge in [-0.1, -0.05) is 0 Å². The van der Waals surface area contributed by atoms with Crippen LogP contribution in [0, 0.1) is 0 Å². The topological polar surface area (TPSA) is 41.9 Å². The Morgan fingerprint density at radius 1 is 1.56 bits per heavy atom. The van der Waals surface area contributed by atoms with Gasteiger partial charge in [0, 0.05) is 24.8 Å². The van der Waals surface area contributed by atoms with Crippen molar-refractivity contribution in [2.45, 2.75) is 0 Å². The van der Waals surface area contributed by atoms with E-state index in [2.05, 4.69) is 15.8 Å². The molecule has 0 unspecified atom stereocenters. The highest BCUT2D eigenvalue weighted by Crippen LogP contribution is 2.04. The standard InChI is InChI=1S/C5H6N4/c1-3-9-4-2-7-8-5(9)6-1/h1-4,7H,(H,6,8). The number of hydrazine groups is 1. The second-order valence-electron chi connectivity index (χ2n) is 1.74. The van der Waals surface area contributed by atoms with Crippen LogP contribution in [0.1, 0.15) is 0 Å². The number of hydrogen-bond acceptors (Lipinski definition) is 3. The number of fused-ring (bicyclic) bond motifs is 1. The summed E-state index contributed by atoms with van der Waals surface area (Å²) >= 11 is 0. The lowest BCUT2D eigenvalue weighted by Crippen LogP contribution is -2.20. The van der Waals surface area contributed by atoms with Gasteiger partial charge in [0.05, 0.1) is 0 Å². The lowest BCUT2D eigenvalue weighted by molar-refractivity contribution is 0.944. The highest BCUT2D eigenvalue weighted by molar-refractivity contribution is 5.41. The van der Waals surface area contributed by atoms with E-state index in [4.69, 9.17) is 0 Å². The Kier molecular flexibility index (Phi) is 0.745. The molecule has 0 aromatic carbocycles. The molecule has 4 nitrogen and oxygen atoms in total. The molecule has 0 saturated heterocycles. The number of rotatable bonds is 0. The fraction of sp³-hybridized carbons (Fsp3) is 0. The van der Waals surface area contributed by atoms with Crippen molar-refractivity contribution in [1.29, 1.82) is 0 Å². The maximum atomic E-state index is 3.99. The molecule has 0 radical (unpaired) electrons. The van der Waals surface area contributed by atoms with Crippen LogP contribution < -0.4 is 10.9 Å². The average Bonchev–Trinajstić information content (AvgIpc) is 2.33. The molecule has 4 heteroatoms. The Labute approximate surface area is 52.2 Å². The van der Waals surface area contributed by atoms with Crippen molar-refractivity contribution in [2.24, 2.45) is 0 Å². The van der Waals surface area contributed by atoms with Gasteiger partial charge in [-0.15, -0.1) is 0 Å². The van der Waals surface area contributed by atoms with Crippen LogP contribution in [0.3, 0.4) is 0 Å².